The molecule has 2 saturated heterocycles. The average molecular weight is 217 g/mol. The summed E-state index contributed by atoms with van der Waals surface area (Å²) in [7, 11) is 0. The second kappa shape index (κ2) is 4.35. The van der Waals surface area contributed by atoms with Crippen LogP contribution in [-0.2, 0) is 0 Å². The standard InChI is InChI=1S/C10H19NO4/c12-4-3-8-10(15)9(14)7-2-1-6(5-13)11(7)8/h6-10,12-15H,1-5H2/t6-,7+,8+,9+,10+/m0/s1. The van der Waals surface area contributed by atoms with Gasteiger partial charge in [0.1, 0.15) is 0 Å². The molecule has 0 amide bonds. The summed E-state index contributed by atoms with van der Waals surface area (Å²) in [6, 6.07) is -0.235. The normalized spacial score (nSPS) is 46.0. The molecule has 5 nitrogen and oxygen atoms in total. The third kappa shape index (κ3) is 1.68. The number of hydrogen-bond donors (Lipinski definition) is 4. The monoisotopic (exact) mass is 217 g/mol. The van der Waals surface area contributed by atoms with E-state index in [0.29, 0.717) is 6.42 Å². The third-order valence-corrected chi connectivity index (χ3v) is 3.76. The van der Waals surface area contributed by atoms with Gasteiger partial charge in [-0.15, -0.1) is 0 Å². The molecule has 15 heavy (non-hydrogen) atoms. The fraction of sp³-hybridized carbons (Fsp3) is 1.00. The van der Waals surface area contributed by atoms with Gasteiger partial charge in [0.15, 0.2) is 0 Å². The van der Waals surface area contributed by atoms with Gasteiger partial charge in [-0.05, 0) is 19.3 Å². The summed E-state index contributed by atoms with van der Waals surface area (Å²) in [6.07, 6.45) is 0.582. The van der Waals surface area contributed by atoms with Crippen LogP contribution in [0.15, 0.2) is 0 Å². The third-order valence-electron chi connectivity index (χ3n) is 3.76. The van der Waals surface area contributed by atoms with Crippen LogP contribution in [-0.4, -0.2) is 68.9 Å². The molecule has 2 aliphatic rings. The zero-order chi connectivity index (χ0) is 11.0. The second-order valence-electron chi connectivity index (χ2n) is 4.49. The first-order valence-electron chi connectivity index (χ1n) is 5.56. The minimum absolute atomic E-state index is 0.00415. The Balaban J connectivity index is 2.15. The first kappa shape index (κ1) is 11.3. The van der Waals surface area contributed by atoms with Gasteiger partial charge in [-0.25, -0.2) is 0 Å². The quantitative estimate of drug-likeness (QED) is 0.453. The van der Waals surface area contributed by atoms with E-state index in [2.05, 4.69) is 0 Å². The van der Waals surface area contributed by atoms with Crippen LogP contribution in [0.25, 0.3) is 0 Å². The van der Waals surface area contributed by atoms with Crippen molar-refractivity contribution in [2.45, 2.75) is 49.6 Å². The van der Waals surface area contributed by atoms with Crippen molar-refractivity contribution in [3.8, 4) is 0 Å². The van der Waals surface area contributed by atoms with Crippen LogP contribution in [0.2, 0.25) is 0 Å². The number of hydrogen-bond acceptors (Lipinski definition) is 5. The Hall–Kier alpha value is -0.200. The van der Waals surface area contributed by atoms with E-state index < -0.39 is 12.2 Å². The van der Waals surface area contributed by atoms with E-state index >= 15 is 0 Å². The summed E-state index contributed by atoms with van der Waals surface area (Å²) >= 11 is 0. The minimum atomic E-state index is -0.795. The Morgan fingerprint density at radius 1 is 1.07 bits per heavy atom. The maximum absolute atomic E-state index is 9.82. The maximum Gasteiger partial charge on any atom is 0.0970 e. The minimum Gasteiger partial charge on any atom is -0.396 e. The molecule has 5 atom stereocenters. The molecule has 0 bridgehead atoms. The van der Waals surface area contributed by atoms with Crippen LogP contribution in [0, 0.1) is 0 Å². The van der Waals surface area contributed by atoms with Gasteiger partial charge in [0.25, 0.3) is 0 Å². The number of nitrogens with zero attached hydrogens (tertiary/aromatic N) is 1. The molecule has 2 aliphatic heterocycles. The molecule has 2 heterocycles. The van der Waals surface area contributed by atoms with Crippen LogP contribution in [0.5, 0.6) is 0 Å². The summed E-state index contributed by atoms with van der Waals surface area (Å²) in [6.45, 7) is 0.0493. The molecule has 88 valence electrons. The van der Waals surface area contributed by atoms with E-state index in [-0.39, 0.29) is 31.3 Å². The highest BCUT2D eigenvalue weighted by Gasteiger charge is 2.52. The lowest BCUT2D eigenvalue weighted by atomic mass is 10.0. The molecule has 0 aliphatic carbocycles. The van der Waals surface area contributed by atoms with Gasteiger partial charge in [-0.2, -0.15) is 0 Å². The van der Waals surface area contributed by atoms with Gasteiger partial charge < -0.3 is 20.4 Å². The molecule has 0 aromatic carbocycles. The summed E-state index contributed by atoms with van der Waals surface area (Å²) in [4.78, 5) is 1.99. The van der Waals surface area contributed by atoms with Crippen molar-refractivity contribution in [2.24, 2.45) is 0 Å². The van der Waals surface area contributed by atoms with Crippen LogP contribution in [0.4, 0.5) is 0 Å². The lowest BCUT2D eigenvalue weighted by molar-refractivity contribution is 0.0194. The molecule has 0 saturated carbocycles. The van der Waals surface area contributed by atoms with Gasteiger partial charge in [0.05, 0.1) is 18.8 Å². The van der Waals surface area contributed by atoms with Crippen LogP contribution < -0.4 is 0 Å². The molecule has 0 unspecified atom stereocenters. The fourth-order valence-electron chi connectivity index (χ4n) is 3.07. The first-order chi connectivity index (χ1) is 7.20. The number of aliphatic hydroxyl groups is 4. The van der Waals surface area contributed by atoms with Crippen LogP contribution in [0.1, 0.15) is 19.3 Å². The van der Waals surface area contributed by atoms with Crippen molar-refractivity contribution in [1.82, 2.24) is 4.90 Å². The van der Waals surface area contributed by atoms with Gasteiger partial charge >= 0.3 is 0 Å². The van der Waals surface area contributed by atoms with Gasteiger partial charge in [-0.3, -0.25) is 4.90 Å². The SMILES string of the molecule is OCC[C@@H]1[C@@H](O)[C@H](O)[C@H]2CC[C@@H](CO)N12. The Morgan fingerprint density at radius 3 is 2.40 bits per heavy atom. The highest BCUT2D eigenvalue weighted by Crippen LogP contribution is 2.38. The molecule has 2 rings (SSSR count). The van der Waals surface area contributed by atoms with Gasteiger partial charge in [0, 0.05) is 24.7 Å². The smallest absolute Gasteiger partial charge is 0.0970 e. The molecule has 0 radical (unpaired) electrons. The molecular weight excluding hydrogens is 198 g/mol. The summed E-state index contributed by atoms with van der Waals surface area (Å²) < 4.78 is 0. The largest absolute Gasteiger partial charge is 0.396 e. The molecule has 0 aromatic heterocycles. The Morgan fingerprint density at radius 2 is 1.80 bits per heavy atom. The lowest BCUT2D eigenvalue weighted by Gasteiger charge is -2.29. The predicted octanol–water partition coefficient (Wildman–Crippen LogP) is -1.70. The van der Waals surface area contributed by atoms with E-state index in [4.69, 9.17) is 5.11 Å². The van der Waals surface area contributed by atoms with E-state index in [1.807, 2.05) is 4.90 Å². The topological polar surface area (TPSA) is 84.2 Å². The van der Waals surface area contributed by atoms with Crippen molar-refractivity contribution >= 4 is 0 Å². The van der Waals surface area contributed by atoms with Crippen LogP contribution >= 0.6 is 0 Å². The fourth-order valence-corrected chi connectivity index (χ4v) is 3.07. The summed E-state index contributed by atoms with van der Waals surface area (Å²) in [5, 5.41) is 37.8. The molecular formula is C10H19NO4. The molecule has 0 spiro atoms. The number of rotatable bonds is 3. The average Bonchev–Trinajstić information content (AvgIpc) is 2.75. The Kier molecular flexibility index (Phi) is 3.27. The number of fused-ring (bicyclic) bond motifs is 1. The predicted molar refractivity (Wildman–Crippen MR) is 53.2 cm³/mol. The van der Waals surface area contributed by atoms with E-state index in [1.54, 1.807) is 0 Å². The van der Waals surface area contributed by atoms with Crippen LogP contribution in [0.3, 0.4) is 0 Å². The van der Waals surface area contributed by atoms with Gasteiger partial charge in [-0.1, -0.05) is 0 Å². The van der Waals surface area contributed by atoms with Crippen molar-refractivity contribution < 1.29 is 20.4 Å². The molecule has 5 heteroatoms. The van der Waals surface area contributed by atoms with E-state index in [0.717, 1.165) is 12.8 Å². The first-order valence-corrected chi connectivity index (χ1v) is 5.56. The second-order valence-corrected chi connectivity index (χ2v) is 4.49. The number of aliphatic hydroxyl groups excluding tert-OH is 4. The van der Waals surface area contributed by atoms with Gasteiger partial charge in [0.2, 0.25) is 0 Å². The molecule has 0 aromatic rings. The highest BCUT2D eigenvalue weighted by molar-refractivity contribution is 5.06. The van der Waals surface area contributed by atoms with Crippen molar-refractivity contribution in [3.05, 3.63) is 0 Å². The highest BCUT2D eigenvalue weighted by atomic mass is 16.3. The molecule has 4 N–H and O–H groups in total. The van der Waals surface area contributed by atoms with Crippen molar-refractivity contribution in [3.63, 3.8) is 0 Å². The molecule has 2 fully saturated rings. The maximum atomic E-state index is 9.82. The van der Waals surface area contributed by atoms with E-state index in [1.165, 1.54) is 0 Å². The summed E-state index contributed by atoms with van der Waals surface area (Å²) in [5.74, 6) is 0. The zero-order valence-electron chi connectivity index (χ0n) is 8.66. The van der Waals surface area contributed by atoms with Crippen molar-refractivity contribution in [2.75, 3.05) is 13.2 Å². The van der Waals surface area contributed by atoms with Crippen molar-refractivity contribution in [1.29, 1.82) is 0 Å². The van der Waals surface area contributed by atoms with E-state index in [9.17, 15) is 15.3 Å². The summed E-state index contributed by atoms with van der Waals surface area (Å²) in [5.41, 5.74) is 0. The zero-order valence-corrected chi connectivity index (χ0v) is 8.66. The Labute approximate surface area is 88.9 Å². The lowest BCUT2D eigenvalue weighted by Crippen LogP contribution is -2.43. The Bertz CT molecular complexity index is 225.